The highest BCUT2D eigenvalue weighted by atomic mass is 16.5. The van der Waals surface area contributed by atoms with Gasteiger partial charge in [-0.05, 0) is 86.1 Å². The molecule has 0 atom stereocenters. The van der Waals surface area contributed by atoms with Crippen molar-refractivity contribution in [3.63, 3.8) is 0 Å². The van der Waals surface area contributed by atoms with Gasteiger partial charge in [-0.2, -0.15) is 9.97 Å². The number of aryl methyl sites for hydroxylation is 1. The van der Waals surface area contributed by atoms with Crippen LogP contribution in [0, 0.1) is 6.92 Å². The molecule has 1 amide bonds. The van der Waals surface area contributed by atoms with Crippen LogP contribution in [0.5, 0.6) is 11.8 Å². The number of ketones is 1. The first-order valence-electron chi connectivity index (χ1n) is 12.6. The van der Waals surface area contributed by atoms with Crippen LogP contribution in [0.15, 0.2) is 89.7 Å². The number of Topliss-reactive ketones (excluding diaryl/α,β-unsaturated/α-hetero) is 1. The zero-order chi connectivity index (χ0) is 29.1. The Morgan fingerprint density at radius 2 is 1.46 bits per heavy atom. The first kappa shape index (κ1) is 26.9. The first-order valence-corrected chi connectivity index (χ1v) is 12.6. The summed E-state index contributed by atoms with van der Waals surface area (Å²) in [5, 5.41) is 12.5. The Bertz CT molecular complexity index is 1840. The first-order chi connectivity index (χ1) is 19.7. The second kappa shape index (κ2) is 11.2. The number of ether oxygens (including phenoxy) is 1. The fourth-order valence-corrected chi connectivity index (χ4v) is 4.21. The molecule has 0 spiro atoms. The molecule has 204 valence electrons. The minimum absolute atomic E-state index is 0.0392. The van der Waals surface area contributed by atoms with E-state index >= 15 is 0 Å². The number of fused-ring (bicyclic) bond motifs is 1. The maximum atomic E-state index is 13.0. The average Bonchev–Trinajstić information content (AvgIpc) is 2.96. The molecule has 5 rings (SSSR count). The molecule has 0 bridgehead atoms. The zero-order valence-electron chi connectivity index (χ0n) is 22.1. The predicted octanol–water partition coefficient (Wildman–Crippen LogP) is 4.71. The van der Waals surface area contributed by atoms with E-state index in [0.29, 0.717) is 39.3 Å². The summed E-state index contributed by atoms with van der Waals surface area (Å²) < 4.78 is 7.25. The number of rotatable bonds is 8. The molecule has 0 aliphatic rings. The minimum atomic E-state index is -1.02. The van der Waals surface area contributed by atoms with Gasteiger partial charge in [-0.25, -0.2) is 4.79 Å². The SMILES string of the molecule is CC(=O)c1ccc(Oc2nc(C)c3ccc(=O)n(-c4ccc(C(=O)NCc5ccc(C(=O)O)cc5)cc4)c3n2)cc1. The number of benzene rings is 3. The zero-order valence-corrected chi connectivity index (χ0v) is 22.1. The number of aromatic carboxylic acids is 1. The molecule has 0 aliphatic carbocycles. The summed E-state index contributed by atoms with van der Waals surface area (Å²) in [7, 11) is 0. The lowest BCUT2D eigenvalue weighted by Crippen LogP contribution is -2.23. The summed E-state index contributed by atoms with van der Waals surface area (Å²) in [5.74, 6) is -0.966. The van der Waals surface area contributed by atoms with Crippen LogP contribution in [0.2, 0.25) is 0 Å². The third-order valence-electron chi connectivity index (χ3n) is 6.43. The van der Waals surface area contributed by atoms with E-state index < -0.39 is 5.97 Å². The molecule has 0 fully saturated rings. The summed E-state index contributed by atoms with van der Waals surface area (Å²) in [6.45, 7) is 3.49. The van der Waals surface area contributed by atoms with Gasteiger partial charge < -0.3 is 15.2 Å². The molecule has 0 saturated heterocycles. The van der Waals surface area contributed by atoms with Crippen LogP contribution >= 0.6 is 0 Å². The van der Waals surface area contributed by atoms with Crippen molar-refractivity contribution < 1.29 is 24.2 Å². The Morgan fingerprint density at radius 1 is 0.829 bits per heavy atom. The molecule has 41 heavy (non-hydrogen) atoms. The number of hydrogen-bond acceptors (Lipinski definition) is 7. The normalized spacial score (nSPS) is 10.8. The smallest absolute Gasteiger partial charge is 0.335 e. The Morgan fingerprint density at radius 3 is 2.10 bits per heavy atom. The molecule has 0 radical (unpaired) electrons. The Hall–Kier alpha value is -5.64. The van der Waals surface area contributed by atoms with Crippen LogP contribution in [-0.2, 0) is 6.54 Å². The van der Waals surface area contributed by atoms with Gasteiger partial charge in [-0.15, -0.1) is 0 Å². The molecule has 0 unspecified atom stereocenters. The van der Waals surface area contributed by atoms with Gasteiger partial charge >= 0.3 is 12.0 Å². The van der Waals surface area contributed by atoms with Gasteiger partial charge in [0.1, 0.15) is 5.75 Å². The van der Waals surface area contributed by atoms with E-state index in [2.05, 4.69) is 15.3 Å². The van der Waals surface area contributed by atoms with Crippen LogP contribution in [0.4, 0.5) is 0 Å². The second-order valence-corrected chi connectivity index (χ2v) is 9.25. The monoisotopic (exact) mass is 548 g/mol. The van der Waals surface area contributed by atoms with E-state index in [0.717, 1.165) is 5.56 Å². The van der Waals surface area contributed by atoms with Crippen molar-refractivity contribution >= 4 is 28.7 Å². The number of hydrogen-bond donors (Lipinski definition) is 2. The van der Waals surface area contributed by atoms with Gasteiger partial charge in [-0.1, -0.05) is 12.1 Å². The Labute approximate surface area is 233 Å². The molecule has 2 heterocycles. The van der Waals surface area contributed by atoms with Crippen LogP contribution in [0.3, 0.4) is 0 Å². The van der Waals surface area contributed by atoms with Gasteiger partial charge in [0, 0.05) is 29.1 Å². The number of carboxylic acid groups (broad SMARTS) is 1. The van der Waals surface area contributed by atoms with Crippen molar-refractivity contribution in [3.05, 3.63) is 123 Å². The van der Waals surface area contributed by atoms with E-state index in [1.165, 1.54) is 29.7 Å². The van der Waals surface area contributed by atoms with Crippen LogP contribution < -0.4 is 15.6 Å². The van der Waals surface area contributed by atoms with Crippen molar-refractivity contribution in [2.24, 2.45) is 0 Å². The molecular formula is C31H24N4O6. The summed E-state index contributed by atoms with van der Waals surface area (Å²) in [6, 6.07) is 22.4. The molecule has 10 nitrogen and oxygen atoms in total. The number of carbonyl (C=O) groups is 3. The lowest BCUT2D eigenvalue weighted by atomic mass is 10.1. The number of aromatic nitrogens is 3. The van der Waals surface area contributed by atoms with Crippen molar-refractivity contribution in [2.45, 2.75) is 20.4 Å². The maximum Gasteiger partial charge on any atom is 0.335 e. The Kier molecular flexibility index (Phi) is 7.38. The highest BCUT2D eigenvalue weighted by molar-refractivity contribution is 5.95. The number of amides is 1. The maximum absolute atomic E-state index is 13.0. The average molecular weight is 549 g/mol. The number of pyridine rings is 1. The number of nitrogens with one attached hydrogen (secondary N) is 1. The lowest BCUT2D eigenvalue weighted by molar-refractivity contribution is 0.0696. The summed E-state index contributed by atoms with van der Waals surface area (Å²) in [5.41, 5.74) is 2.97. The fourth-order valence-electron chi connectivity index (χ4n) is 4.21. The molecule has 10 heteroatoms. The molecule has 2 N–H and O–H groups in total. The third-order valence-corrected chi connectivity index (χ3v) is 6.43. The summed E-state index contributed by atoms with van der Waals surface area (Å²) >= 11 is 0. The fraction of sp³-hybridized carbons (Fsp3) is 0.0968. The van der Waals surface area contributed by atoms with Gasteiger partial charge in [0.2, 0.25) is 0 Å². The molecule has 0 aliphatic heterocycles. The van der Waals surface area contributed by atoms with Gasteiger partial charge in [0.15, 0.2) is 11.4 Å². The predicted molar refractivity (Wildman–Crippen MR) is 151 cm³/mol. The molecule has 0 saturated carbocycles. The van der Waals surface area contributed by atoms with Gasteiger partial charge in [-0.3, -0.25) is 19.0 Å². The van der Waals surface area contributed by atoms with Crippen LogP contribution in [0.1, 0.15) is 49.3 Å². The topological polar surface area (TPSA) is 140 Å². The van der Waals surface area contributed by atoms with Crippen LogP contribution in [-0.4, -0.2) is 37.3 Å². The molecule has 3 aromatic carbocycles. The van der Waals surface area contributed by atoms with Crippen molar-refractivity contribution in [3.8, 4) is 17.4 Å². The largest absolute Gasteiger partial charge is 0.478 e. The van der Waals surface area contributed by atoms with Gasteiger partial charge in [0.25, 0.3) is 11.5 Å². The minimum Gasteiger partial charge on any atom is -0.478 e. The van der Waals surface area contributed by atoms with E-state index in [9.17, 15) is 19.2 Å². The summed E-state index contributed by atoms with van der Waals surface area (Å²) in [6.07, 6.45) is 0. The van der Waals surface area contributed by atoms with E-state index in [1.54, 1.807) is 73.7 Å². The standard InChI is InChI=1S/C31H24N4O6/c1-18-26-15-16-27(37)35(28(26)34-31(33-18)41-25-13-9-21(10-14-25)19(2)36)24-11-7-22(8-12-24)29(38)32-17-20-3-5-23(6-4-20)30(39)40/h3-16H,17H2,1-2H3,(H,32,38)(H,39,40). The highest BCUT2D eigenvalue weighted by Gasteiger charge is 2.14. The van der Waals surface area contributed by atoms with Crippen molar-refractivity contribution in [1.82, 2.24) is 19.9 Å². The van der Waals surface area contributed by atoms with E-state index in [4.69, 9.17) is 9.84 Å². The second-order valence-electron chi connectivity index (χ2n) is 9.25. The molecular weight excluding hydrogens is 524 g/mol. The van der Waals surface area contributed by atoms with Crippen LogP contribution in [0.25, 0.3) is 16.7 Å². The lowest BCUT2D eigenvalue weighted by Gasteiger charge is -2.13. The van der Waals surface area contributed by atoms with Crippen molar-refractivity contribution in [2.75, 3.05) is 0 Å². The van der Waals surface area contributed by atoms with E-state index in [-0.39, 0.29) is 35.4 Å². The quantitative estimate of drug-likeness (QED) is 0.266. The molecule has 5 aromatic rings. The third kappa shape index (κ3) is 5.86. The summed E-state index contributed by atoms with van der Waals surface area (Å²) in [4.78, 5) is 57.2. The Balaban J connectivity index is 1.39. The highest BCUT2D eigenvalue weighted by Crippen LogP contribution is 2.24. The number of nitrogens with zero attached hydrogens (tertiary/aromatic N) is 3. The van der Waals surface area contributed by atoms with Gasteiger partial charge in [0.05, 0.1) is 16.9 Å². The number of carboxylic acids is 1. The number of carbonyl (C=O) groups excluding carboxylic acids is 2. The van der Waals surface area contributed by atoms with Crippen molar-refractivity contribution in [1.29, 1.82) is 0 Å². The molecule has 2 aromatic heterocycles. The van der Waals surface area contributed by atoms with E-state index in [1.807, 2.05) is 0 Å².